The molecule has 0 radical (unpaired) electrons. The van der Waals surface area contributed by atoms with Crippen LogP contribution in [0.5, 0.6) is 17.4 Å². The van der Waals surface area contributed by atoms with Crippen molar-refractivity contribution >= 4 is 61.3 Å². The van der Waals surface area contributed by atoms with Crippen molar-refractivity contribution in [2.45, 2.75) is 89.6 Å². The SMILES string of the molecule is COC(=O)c1c(O)c2c([nH]c1=O)-c1cc(C)[c-]cc1CC2C.COC(=O)c1c(OS(=O)(=O)C(F)(F)F)nc2c(c1OS(=O)(=O)C(F)(F)F)C(C)Cc1c[c-]c(C)cc1-2.Cc1[c-]cc2c(c1)-c1nc(Cl)c(C(=O)O)c(Cl)c1C(C)C2.[OH-].[OH-].[OH-].[Rb+].[Rb+].[Rb+]. The molecule has 20 nitrogen and oxygen atoms in total. The van der Waals surface area contributed by atoms with Crippen molar-refractivity contribution in [1.29, 1.82) is 0 Å². The van der Waals surface area contributed by atoms with Crippen LogP contribution in [0.4, 0.5) is 26.3 Å². The van der Waals surface area contributed by atoms with Crippen LogP contribution in [0.1, 0.15) is 120 Å². The van der Waals surface area contributed by atoms with E-state index in [1.807, 2.05) is 52.0 Å². The fourth-order valence-corrected chi connectivity index (χ4v) is 11.0. The summed E-state index contributed by atoms with van der Waals surface area (Å²) in [7, 11) is -11.2. The molecule has 444 valence electrons. The van der Waals surface area contributed by atoms with Gasteiger partial charge in [0.2, 0.25) is 0 Å². The number of aromatic hydroxyl groups is 1. The normalized spacial score (nSPS) is 14.9. The van der Waals surface area contributed by atoms with E-state index in [0.717, 1.165) is 45.4 Å². The van der Waals surface area contributed by atoms with Gasteiger partial charge in [-0.25, -0.2) is 24.4 Å². The number of aromatic carboxylic acids is 1. The van der Waals surface area contributed by atoms with E-state index in [0.29, 0.717) is 41.6 Å². The van der Waals surface area contributed by atoms with Gasteiger partial charge < -0.3 is 49.5 Å². The molecule has 3 aliphatic carbocycles. The van der Waals surface area contributed by atoms with Crippen molar-refractivity contribution in [2.24, 2.45) is 0 Å². The summed E-state index contributed by atoms with van der Waals surface area (Å²) in [6.45, 7) is 10.7. The number of carbonyl (C=O) groups excluding carboxylic acids is 2. The molecule has 3 unspecified atom stereocenters. The van der Waals surface area contributed by atoms with Crippen molar-refractivity contribution in [3.05, 3.63) is 142 Å². The van der Waals surface area contributed by atoms with Crippen molar-refractivity contribution < 1.29 is 277 Å². The minimum atomic E-state index is -6.53. The Labute approximate surface area is 639 Å². The van der Waals surface area contributed by atoms with Gasteiger partial charge in [0.1, 0.15) is 16.5 Å². The molecule has 0 fully saturated rings. The molecule has 3 aliphatic rings. The van der Waals surface area contributed by atoms with E-state index in [1.54, 1.807) is 0 Å². The van der Waals surface area contributed by atoms with E-state index in [4.69, 9.17) is 23.2 Å². The third-order valence-electron chi connectivity index (χ3n) is 12.8. The van der Waals surface area contributed by atoms with E-state index < -0.39 is 89.1 Å². The number of H-pyrrole nitrogens is 1. The zero-order chi connectivity index (χ0) is 58.8. The first kappa shape index (κ1) is 81.1. The number of hydrogen-bond donors (Lipinski definition) is 3. The number of fused-ring (bicyclic) bond motifs is 9. The summed E-state index contributed by atoms with van der Waals surface area (Å²) in [6.07, 6.45) is 1.52. The first-order valence-corrected chi connectivity index (χ1v) is 26.6. The smallest absolute Gasteiger partial charge is 0.870 e. The van der Waals surface area contributed by atoms with Crippen LogP contribution >= 0.6 is 23.2 Å². The number of pyridine rings is 3. The molecule has 0 saturated carbocycles. The molecular formula is C52H45Cl2F6N3O17Rb3S2-3. The molecule has 33 heteroatoms. The number of methoxy groups -OCH3 is 2. The van der Waals surface area contributed by atoms with Crippen LogP contribution < -0.4 is 188 Å². The van der Waals surface area contributed by atoms with E-state index in [2.05, 4.69) is 51.0 Å². The fourth-order valence-electron chi connectivity index (χ4n) is 9.29. The number of benzene rings is 3. The van der Waals surface area contributed by atoms with Gasteiger partial charge in [-0.15, -0.1) is 33.4 Å². The molecule has 85 heavy (non-hydrogen) atoms. The van der Waals surface area contributed by atoms with Crippen molar-refractivity contribution in [3.8, 4) is 51.2 Å². The van der Waals surface area contributed by atoms with Crippen molar-refractivity contribution in [3.63, 3.8) is 0 Å². The maximum absolute atomic E-state index is 13.2. The quantitative estimate of drug-likeness (QED) is 0.0502. The number of aryl methyl sites for hydroxylation is 3. The largest absolute Gasteiger partial charge is 1.00 e. The number of carboxylic acids is 1. The number of carboxylic acid groups (broad SMARTS) is 1. The maximum Gasteiger partial charge on any atom is 1.00 e. The molecule has 0 saturated heterocycles. The van der Waals surface area contributed by atoms with Gasteiger partial charge in [-0.3, -0.25) is 4.79 Å². The van der Waals surface area contributed by atoms with Gasteiger partial charge in [0.25, 0.3) is 11.4 Å². The number of ether oxygens (including phenoxy) is 2. The minimum absolute atomic E-state index is 0. The summed E-state index contributed by atoms with van der Waals surface area (Å²) in [4.78, 5) is 58.4. The zero-order valence-electron chi connectivity index (χ0n) is 46.7. The molecule has 6 aromatic rings. The average molecular weight is 1490 g/mol. The average Bonchev–Trinajstić information content (AvgIpc) is 1.31. The summed E-state index contributed by atoms with van der Waals surface area (Å²) in [5.41, 5.74) is -6.09. The maximum atomic E-state index is 13.2. The number of rotatable bonds is 7. The molecule has 3 heterocycles. The number of esters is 2. The summed E-state index contributed by atoms with van der Waals surface area (Å²) in [6, 6.07) is 19.8. The van der Waals surface area contributed by atoms with Crippen LogP contribution in [-0.4, -0.2) is 102 Å². The Bertz CT molecular complexity index is 3860. The number of carbonyl (C=O) groups is 3. The predicted octanol–water partition coefficient (Wildman–Crippen LogP) is 1.07. The molecular weight excluding hydrogens is 1440 g/mol. The van der Waals surface area contributed by atoms with E-state index in [9.17, 15) is 72.6 Å². The number of nitrogens with zero attached hydrogens (tertiary/aromatic N) is 2. The van der Waals surface area contributed by atoms with Crippen LogP contribution in [0.2, 0.25) is 10.2 Å². The molecule has 0 aliphatic heterocycles. The summed E-state index contributed by atoms with van der Waals surface area (Å²) >= 11 is 12.3. The van der Waals surface area contributed by atoms with Gasteiger partial charge in [-0.1, -0.05) is 84.0 Å². The van der Waals surface area contributed by atoms with Gasteiger partial charge in [0, 0.05) is 16.8 Å². The van der Waals surface area contributed by atoms with E-state index in [1.165, 1.54) is 33.1 Å². The molecule has 3 aromatic carbocycles. The van der Waals surface area contributed by atoms with Crippen LogP contribution in [0, 0.1) is 39.0 Å². The van der Waals surface area contributed by atoms with Gasteiger partial charge in [-0.05, 0) is 23.3 Å². The van der Waals surface area contributed by atoms with Gasteiger partial charge in [-0.2, -0.15) is 114 Å². The molecule has 3 atom stereocenters. The standard InChI is InChI=1S/C19H14F6NO8S2.C17H16NO4.C16H12Cl2NO2.3H2O.3Rb/c1-8-4-5-10-7-9(2)12-14(11(10)6-8)26-16(34-36(30,31)19(23,24)25)13(17(27)32-3)15(12)33-35(28,29)18(20,21)22;1-8-4-5-10-7-9(2)12-14(11(10)6-8)18-16(20)13(15(12)19)17(21)22-3;1-7-3-4-9-6-8(2)11-13(17)12(16(20)21)15(18)19-14(11)10(9)5-7;;;;;;/h5-6,9H,7H2,1-3H3;5-6,9H,7H2,1-3H3,(H2,18,19,20);4-5,8H,6H2,1-2H3,(H,20,21);3*1H2;;;/q3*-1;;;;3*+1/p-3. The Morgan fingerprint density at radius 3 is 1.46 bits per heavy atom. The molecule has 0 amide bonds. The van der Waals surface area contributed by atoms with Gasteiger partial charge in [0.15, 0.2) is 16.9 Å². The summed E-state index contributed by atoms with van der Waals surface area (Å²) < 4.78 is 143. The third kappa shape index (κ3) is 16.8. The second-order valence-corrected chi connectivity index (χ2v) is 22.3. The number of hydrogen-bond acceptors (Lipinski definition) is 18. The Hall–Kier alpha value is -1.92. The Morgan fingerprint density at radius 1 is 0.635 bits per heavy atom. The topological polar surface area (TPSA) is 346 Å². The number of aromatic nitrogens is 3. The van der Waals surface area contributed by atoms with Crippen molar-refractivity contribution in [2.75, 3.05) is 14.2 Å². The summed E-state index contributed by atoms with van der Waals surface area (Å²) in [5, 5.41) is 19.8. The molecule has 0 bridgehead atoms. The van der Waals surface area contributed by atoms with Crippen LogP contribution in [0.3, 0.4) is 0 Å². The fraction of sp³-hybridized carbons (Fsp3) is 0.308. The number of nitrogens with one attached hydrogen (secondary N) is 1. The van der Waals surface area contributed by atoms with E-state index in [-0.39, 0.29) is 242 Å². The van der Waals surface area contributed by atoms with Crippen LogP contribution in [-0.2, 0) is 49.0 Å². The second-order valence-electron chi connectivity index (χ2n) is 18.4. The van der Waals surface area contributed by atoms with Gasteiger partial charge >= 0.3 is 224 Å². The predicted molar refractivity (Wildman–Crippen MR) is 277 cm³/mol. The molecule has 6 N–H and O–H groups in total. The minimum Gasteiger partial charge on any atom is -0.870 e. The Balaban J connectivity index is 0.000000644. The molecule has 9 rings (SSSR count). The van der Waals surface area contributed by atoms with E-state index >= 15 is 0 Å². The van der Waals surface area contributed by atoms with Crippen LogP contribution in [0.15, 0.2) is 41.2 Å². The number of aromatic amines is 1. The monoisotopic (exact) mass is 1490 g/mol. The first-order chi connectivity index (χ1) is 36.6. The Morgan fingerprint density at radius 2 is 1.02 bits per heavy atom. The zero-order valence-corrected chi connectivity index (χ0v) is 64.6. The number of halogens is 8. The Kier molecular flexibility index (Phi) is 30.0. The second kappa shape index (κ2) is 31.4. The van der Waals surface area contributed by atoms with Gasteiger partial charge in [0.05, 0.1) is 30.6 Å². The number of alkyl halides is 6. The van der Waals surface area contributed by atoms with Crippen LogP contribution in [0.25, 0.3) is 33.8 Å². The first-order valence-electron chi connectivity index (χ1n) is 23.1. The summed E-state index contributed by atoms with van der Waals surface area (Å²) in [5.74, 6) is -8.05. The molecule has 0 spiro atoms. The van der Waals surface area contributed by atoms with Crippen molar-refractivity contribution in [1.82, 2.24) is 15.0 Å². The third-order valence-corrected chi connectivity index (χ3v) is 15.4. The molecule has 3 aromatic heterocycles.